The zero-order valence-corrected chi connectivity index (χ0v) is 23.2. The fraction of sp³-hybridized carbons (Fsp3) is 0.370. The van der Waals surface area contributed by atoms with Gasteiger partial charge < -0.3 is 9.47 Å². The smallest absolute Gasteiger partial charge is 0.273 e. The van der Waals surface area contributed by atoms with Crippen molar-refractivity contribution >= 4 is 41.8 Å². The summed E-state index contributed by atoms with van der Waals surface area (Å²) >= 11 is 1.25. The van der Waals surface area contributed by atoms with Crippen LogP contribution in [0.1, 0.15) is 39.1 Å². The molecular weight excluding hydrogens is 513 g/mol. The number of rotatable bonds is 6. The van der Waals surface area contributed by atoms with Gasteiger partial charge in [-0.2, -0.15) is 0 Å². The lowest BCUT2D eigenvalue weighted by molar-refractivity contribution is -0.118. The number of sulfonamides is 1. The van der Waals surface area contributed by atoms with Crippen molar-refractivity contribution in [2.24, 2.45) is 0 Å². The number of hydrogen-bond donors (Lipinski definition) is 1. The maximum atomic E-state index is 13.0. The number of benzene rings is 2. The second kappa shape index (κ2) is 10.3. The van der Waals surface area contributed by atoms with Crippen LogP contribution < -0.4 is 10.0 Å². The van der Waals surface area contributed by atoms with E-state index in [-0.39, 0.29) is 16.7 Å². The Labute approximate surface area is 218 Å². The molecular formula is C27H30NO5PS2. The monoisotopic (exact) mass is 543 g/mol. The van der Waals surface area contributed by atoms with Crippen LogP contribution in [0, 0.1) is 6.92 Å². The largest absolute Gasteiger partial charge is 0.381 e. The number of thiophene rings is 1. The number of ether oxygens (including phenoxy) is 2. The number of methoxy groups -OCH3 is 1. The Morgan fingerprint density at radius 3 is 2.75 bits per heavy atom. The fourth-order valence-electron chi connectivity index (χ4n) is 4.99. The van der Waals surface area contributed by atoms with Crippen molar-refractivity contribution in [3.63, 3.8) is 0 Å². The molecule has 3 aromatic rings. The summed E-state index contributed by atoms with van der Waals surface area (Å²) in [6.07, 6.45) is 3.40. The number of nitrogens with one attached hydrogen (secondary N) is 1. The highest BCUT2D eigenvalue weighted by atomic mass is 32.2. The number of hydrogen-bond acceptors (Lipinski definition) is 6. The van der Waals surface area contributed by atoms with Crippen LogP contribution in [0.3, 0.4) is 0 Å². The Bertz CT molecular complexity index is 1410. The zero-order chi connectivity index (χ0) is 25.4. The van der Waals surface area contributed by atoms with Crippen molar-refractivity contribution in [3.05, 3.63) is 69.1 Å². The Balaban J connectivity index is 1.31. The van der Waals surface area contributed by atoms with Crippen molar-refractivity contribution in [2.45, 2.75) is 55.9 Å². The van der Waals surface area contributed by atoms with Gasteiger partial charge in [-0.05, 0) is 95.1 Å². The highest BCUT2D eigenvalue weighted by molar-refractivity contribution is 7.92. The SMILES string of the molecule is COC1CCc2sc(S(=O)(=O)NC(=O)Cc3c(C)cc(-c4ccc5c(c4)COCC5)cc3P)cc2C1. The average molecular weight is 544 g/mol. The minimum atomic E-state index is -3.92. The summed E-state index contributed by atoms with van der Waals surface area (Å²) in [5, 5.41) is 0.878. The van der Waals surface area contributed by atoms with E-state index in [1.54, 1.807) is 13.2 Å². The van der Waals surface area contributed by atoms with E-state index in [0.717, 1.165) is 63.9 Å². The maximum absolute atomic E-state index is 13.0. The van der Waals surface area contributed by atoms with Gasteiger partial charge in [0, 0.05) is 12.0 Å². The molecule has 0 radical (unpaired) electrons. The third-order valence-corrected chi connectivity index (χ3v) is 10.6. The van der Waals surface area contributed by atoms with Crippen molar-refractivity contribution < 1.29 is 22.7 Å². The summed E-state index contributed by atoms with van der Waals surface area (Å²) in [6.45, 7) is 3.34. The molecule has 0 bridgehead atoms. The molecule has 0 saturated carbocycles. The summed E-state index contributed by atoms with van der Waals surface area (Å²) in [5.74, 6) is -0.540. The fourth-order valence-corrected chi connectivity index (χ4v) is 8.08. The first-order valence-electron chi connectivity index (χ1n) is 12.0. The summed E-state index contributed by atoms with van der Waals surface area (Å²) < 4.78 is 39.4. The molecule has 0 spiro atoms. The van der Waals surface area contributed by atoms with Gasteiger partial charge >= 0.3 is 0 Å². The third-order valence-electron chi connectivity index (χ3n) is 7.02. The maximum Gasteiger partial charge on any atom is 0.273 e. The predicted molar refractivity (Wildman–Crippen MR) is 145 cm³/mol. The second-order valence-corrected chi connectivity index (χ2v) is 13.1. The van der Waals surface area contributed by atoms with Gasteiger partial charge in [-0.25, -0.2) is 13.1 Å². The van der Waals surface area contributed by atoms with Crippen LogP contribution >= 0.6 is 20.6 Å². The van der Waals surface area contributed by atoms with Gasteiger partial charge in [0.2, 0.25) is 5.91 Å². The van der Waals surface area contributed by atoms with E-state index >= 15 is 0 Å². The van der Waals surface area contributed by atoms with Crippen LogP contribution in [0.2, 0.25) is 0 Å². The number of amides is 1. The Kier molecular flexibility index (Phi) is 7.34. The molecule has 1 aliphatic heterocycles. The molecule has 2 atom stereocenters. The number of fused-ring (bicyclic) bond motifs is 2. The molecule has 1 aliphatic carbocycles. The summed E-state index contributed by atoms with van der Waals surface area (Å²) in [5.41, 5.74) is 7.44. The van der Waals surface area contributed by atoms with Gasteiger partial charge in [0.1, 0.15) is 4.21 Å². The van der Waals surface area contributed by atoms with Gasteiger partial charge in [0.05, 0.1) is 25.7 Å². The minimum absolute atomic E-state index is 0.0148. The normalized spacial score (nSPS) is 17.4. The summed E-state index contributed by atoms with van der Waals surface area (Å²) in [6, 6.07) is 12.2. The lowest BCUT2D eigenvalue weighted by Gasteiger charge is -2.20. The van der Waals surface area contributed by atoms with Crippen LogP contribution in [0.5, 0.6) is 0 Å². The lowest BCUT2D eigenvalue weighted by Crippen LogP contribution is -2.32. The molecule has 5 rings (SSSR count). The van der Waals surface area contributed by atoms with Gasteiger partial charge in [-0.3, -0.25) is 4.79 Å². The lowest BCUT2D eigenvalue weighted by atomic mass is 9.94. The summed E-state index contributed by atoms with van der Waals surface area (Å²) in [7, 11) is 0.450. The number of carbonyl (C=O) groups is 1. The highest BCUT2D eigenvalue weighted by Gasteiger charge is 2.27. The predicted octanol–water partition coefficient (Wildman–Crippen LogP) is 3.85. The van der Waals surface area contributed by atoms with Gasteiger partial charge in [0.25, 0.3) is 10.0 Å². The summed E-state index contributed by atoms with van der Waals surface area (Å²) in [4.78, 5) is 13.9. The molecule has 1 amide bonds. The molecule has 2 unspecified atom stereocenters. The number of carbonyl (C=O) groups excluding carboxylic acids is 1. The van der Waals surface area contributed by atoms with Crippen molar-refractivity contribution in [2.75, 3.05) is 13.7 Å². The molecule has 2 aromatic carbocycles. The van der Waals surface area contributed by atoms with Crippen LogP contribution in [-0.2, 0) is 56.6 Å². The number of aryl methyl sites for hydroxylation is 2. The highest BCUT2D eigenvalue weighted by Crippen LogP contribution is 2.33. The molecule has 36 heavy (non-hydrogen) atoms. The van der Waals surface area contributed by atoms with Gasteiger partial charge in [-0.1, -0.05) is 18.2 Å². The van der Waals surface area contributed by atoms with Gasteiger partial charge in [-0.15, -0.1) is 20.6 Å². The topological polar surface area (TPSA) is 81.7 Å². The Morgan fingerprint density at radius 2 is 1.97 bits per heavy atom. The molecule has 6 nitrogen and oxygen atoms in total. The van der Waals surface area contributed by atoms with Crippen LogP contribution in [0.4, 0.5) is 0 Å². The van der Waals surface area contributed by atoms with Crippen LogP contribution in [-0.4, -0.2) is 34.1 Å². The van der Waals surface area contributed by atoms with E-state index in [9.17, 15) is 13.2 Å². The van der Waals surface area contributed by atoms with Crippen LogP contribution in [0.15, 0.2) is 40.6 Å². The molecule has 9 heteroatoms. The minimum Gasteiger partial charge on any atom is -0.381 e. The Morgan fingerprint density at radius 1 is 1.14 bits per heavy atom. The van der Waals surface area contributed by atoms with E-state index < -0.39 is 15.9 Å². The second-order valence-electron chi connectivity index (χ2n) is 9.47. The molecule has 2 heterocycles. The molecule has 1 N–H and O–H groups in total. The van der Waals surface area contributed by atoms with Crippen molar-refractivity contribution in [1.82, 2.24) is 4.72 Å². The molecule has 190 valence electrons. The first kappa shape index (κ1) is 25.6. The van der Waals surface area contributed by atoms with Gasteiger partial charge in [0.15, 0.2) is 0 Å². The van der Waals surface area contributed by atoms with E-state index in [0.29, 0.717) is 13.0 Å². The van der Waals surface area contributed by atoms with Crippen molar-refractivity contribution in [3.8, 4) is 11.1 Å². The Hall–Kier alpha value is -2.09. The quantitative estimate of drug-likeness (QED) is 0.478. The van der Waals surface area contributed by atoms with E-state index in [4.69, 9.17) is 9.47 Å². The molecule has 0 saturated heterocycles. The van der Waals surface area contributed by atoms with E-state index in [1.165, 1.54) is 22.5 Å². The van der Waals surface area contributed by atoms with E-state index in [1.807, 2.05) is 13.0 Å². The van der Waals surface area contributed by atoms with Crippen LogP contribution in [0.25, 0.3) is 11.1 Å². The standard InChI is InChI=1S/C27H30NO5PS2/c1-16-9-19(18-4-3-17-7-8-33-15-21(17)10-18)12-24(34)23(16)14-26(29)28-36(30,31)27-13-20-11-22(32-2)5-6-25(20)35-27/h3-4,9-10,12-13,22H,5-8,11,14-15,34H2,1-2H3,(H,28,29). The van der Waals surface area contributed by atoms with E-state index in [2.05, 4.69) is 38.2 Å². The molecule has 1 aromatic heterocycles. The first-order valence-corrected chi connectivity index (χ1v) is 14.9. The average Bonchev–Trinajstić information content (AvgIpc) is 3.30. The van der Waals surface area contributed by atoms with Crippen molar-refractivity contribution in [1.29, 1.82) is 0 Å². The molecule has 2 aliphatic rings. The zero-order valence-electron chi connectivity index (χ0n) is 20.4. The first-order chi connectivity index (χ1) is 17.2. The third kappa shape index (κ3) is 5.29. The molecule has 0 fully saturated rings.